The molecule has 0 unspecified atom stereocenters. The average Bonchev–Trinajstić information content (AvgIpc) is 2.93. The number of aromatic nitrogens is 4. The Hall–Kier alpha value is -2.29. The van der Waals surface area contributed by atoms with Crippen LogP contribution < -0.4 is 5.73 Å². The molecular weight excluding hydrogens is 306 g/mol. The van der Waals surface area contributed by atoms with Crippen LogP contribution in [0.5, 0.6) is 0 Å². The maximum absolute atomic E-state index is 11.7. The number of nitrogens with zero attached hydrogens (tertiary/aromatic N) is 4. The summed E-state index contributed by atoms with van der Waals surface area (Å²) in [7, 11) is -3.37. The minimum Gasteiger partial charge on any atom is -0.370 e. The first kappa shape index (κ1) is 16.1. The Bertz CT molecular complexity index is 769. The first-order valence-electron chi connectivity index (χ1n) is 6.70. The molecule has 118 valence electrons. The van der Waals surface area contributed by atoms with Crippen LogP contribution in [-0.2, 0) is 21.2 Å². The van der Waals surface area contributed by atoms with Gasteiger partial charge in [0, 0.05) is 12.0 Å². The molecule has 0 saturated carbocycles. The molecule has 0 atom stereocenters. The van der Waals surface area contributed by atoms with Gasteiger partial charge in [0.15, 0.2) is 9.84 Å². The molecule has 0 aliphatic heterocycles. The molecule has 22 heavy (non-hydrogen) atoms. The number of primary amides is 1. The Kier molecular flexibility index (Phi) is 4.86. The van der Waals surface area contributed by atoms with Crippen molar-refractivity contribution in [3.05, 3.63) is 29.8 Å². The van der Waals surface area contributed by atoms with E-state index in [9.17, 15) is 13.2 Å². The van der Waals surface area contributed by atoms with Crippen LogP contribution in [0.3, 0.4) is 0 Å². The summed E-state index contributed by atoms with van der Waals surface area (Å²) in [5.41, 5.74) is 6.81. The zero-order valence-electron chi connectivity index (χ0n) is 12.1. The Morgan fingerprint density at radius 2 is 2.00 bits per heavy atom. The number of aryl methyl sites for hydroxylation is 2. The number of hydrogen-bond donors (Lipinski definition) is 1. The van der Waals surface area contributed by atoms with Gasteiger partial charge in [0.2, 0.25) is 11.7 Å². The molecular formula is C13H17N5O3S. The highest BCUT2D eigenvalue weighted by molar-refractivity contribution is 7.91. The van der Waals surface area contributed by atoms with Gasteiger partial charge >= 0.3 is 0 Å². The molecule has 9 heteroatoms. The van der Waals surface area contributed by atoms with E-state index < -0.39 is 15.7 Å². The summed E-state index contributed by atoms with van der Waals surface area (Å²) in [4.78, 5) is 11.9. The lowest BCUT2D eigenvalue weighted by Crippen LogP contribution is -2.21. The van der Waals surface area contributed by atoms with E-state index in [1.807, 2.05) is 31.2 Å². The van der Waals surface area contributed by atoms with Gasteiger partial charge in [0.25, 0.3) is 0 Å². The summed E-state index contributed by atoms with van der Waals surface area (Å²) in [5.74, 6) is -0.608. The number of carbonyl (C=O) groups excluding carboxylic acids is 1. The van der Waals surface area contributed by atoms with Crippen molar-refractivity contribution in [1.82, 2.24) is 20.2 Å². The monoisotopic (exact) mass is 323 g/mol. The molecule has 1 heterocycles. The summed E-state index contributed by atoms with van der Waals surface area (Å²) in [5, 5.41) is 12.0. The molecule has 1 amide bonds. The fourth-order valence-corrected chi connectivity index (χ4v) is 3.01. The normalized spacial score (nSPS) is 11.5. The fraction of sp³-hybridized carbons (Fsp3) is 0.385. The second kappa shape index (κ2) is 6.65. The molecule has 8 nitrogen and oxygen atoms in total. The summed E-state index contributed by atoms with van der Waals surface area (Å²) in [6.45, 7) is 2.02. The van der Waals surface area contributed by atoms with E-state index in [0.29, 0.717) is 5.82 Å². The molecule has 0 radical (unpaired) electrons. The SMILES string of the molecule is Cc1ccccc1-c1nnn(CCS(=O)(=O)CCC(N)=O)n1. The first-order chi connectivity index (χ1) is 10.4. The molecule has 0 bridgehead atoms. The summed E-state index contributed by atoms with van der Waals surface area (Å²) < 4.78 is 23.5. The minimum absolute atomic E-state index is 0.0833. The van der Waals surface area contributed by atoms with Crippen LogP contribution in [0.25, 0.3) is 11.4 Å². The second-order valence-corrected chi connectivity index (χ2v) is 7.20. The molecule has 1 aromatic carbocycles. The van der Waals surface area contributed by atoms with Gasteiger partial charge in [-0.05, 0) is 17.7 Å². The number of rotatable bonds is 7. The van der Waals surface area contributed by atoms with E-state index in [2.05, 4.69) is 15.4 Å². The Balaban J connectivity index is 2.01. The molecule has 0 fully saturated rings. The molecule has 2 aromatic rings. The molecule has 2 N–H and O–H groups in total. The topological polar surface area (TPSA) is 121 Å². The summed E-state index contributed by atoms with van der Waals surface area (Å²) >= 11 is 0. The standard InChI is InChI=1S/C13H17N5O3S/c1-10-4-2-3-5-11(10)13-15-17-18(16-13)7-9-22(20,21)8-6-12(14)19/h2-5H,6-9H2,1H3,(H2,14,19). The summed E-state index contributed by atoms with van der Waals surface area (Å²) in [6, 6.07) is 7.59. The third-order valence-corrected chi connectivity index (χ3v) is 4.73. The van der Waals surface area contributed by atoms with Gasteiger partial charge in [0.1, 0.15) is 0 Å². The summed E-state index contributed by atoms with van der Waals surface area (Å²) in [6.07, 6.45) is -0.179. The van der Waals surface area contributed by atoms with E-state index in [-0.39, 0.29) is 24.5 Å². The van der Waals surface area contributed by atoms with Crippen molar-refractivity contribution in [2.24, 2.45) is 5.73 Å². The first-order valence-corrected chi connectivity index (χ1v) is 8.52. The average molecular weight is 323 g/mol. The third-order valence-electron chi connectivity index (χ3n) is 3.10. The van der Waals surface area contributed by atoms with Gasteiger partial charge in [-0.25, -0.2) is 8.42 Å². The van der Waals surface area contributed by atoms with Gasteiger partial charge in [-0.1, -0.05) is 24.3 Å². The quantitative estimate of drug-likeness (QED) is 0.762. The zero-order valence-corrected chi connectivity index (χ0v) is 13.0. The molecule has 0 aliphatic rings. The van der Waals surface area contributed by atoms with Crippen LogP contribution in [0, 0.1) is 6.92 Å². The van der Waals surface area contributed by atoms with Crippen LogP contribution in [0.4, 0.5) is 0 Å². The zero-order chi connectivity index (χ0) is 16.2. The third kappa shape index (κ3) is 4.35. The largest absolute Gasteiger partial charge is 0.370 e. The van der Waals surface area contributed by atoms with E-state index >= 15 is 0 Å². The van der Waals surface area contributed by atoms with E-state index in [1.54, 1.807) is 0 Å². The Morgan fingerprint density at radius 3 is 2.68 bits per heavy atom. The molecule has 0 spiro atoms. The number of nitrogens with two attached hydrogens (primary N) is 1. The van der Waals surface area contributed by atoms with Crippen molar-refractivity contribution in [1.29, 1.82) is 0 Å². The molecule has 2 rings (SSSR count). The fourth-order valence-electron chi connectivity index (χ4n) is 1.85. The predicted molar refractivity (Wildman–Crippen MR) is 80.5 cm³/mol. The van der Waals surface area contributed by atoms with Gasteiger partial charge in [0.05, 0.1) is 18.1 Å². The maximum atomic E-state index is 11.7. The van der Waals surface area contributed by atoms with Crippen molar-refractivity contribution in [3.63, 3.8) is 0 Å². The number of benzene rings is 1. The maximum Gasteiger partial charge on any atom is 0.218 e. The number of amides is 1. The predicted octanol–water partition coefficient (Wildman–Crippen LogP) is -0.0613. The van der Waals surface area contributed by atoms with Gasteiger partial charge in [-0.15, -0.1) is 10.2 Å². The van der Waals surface area contributed by atoms with Gasteiger partial charge in [-0.3, -0.25) is 4.79 Å². The van der Waals surface area contributed by atoms with Gasteiger partial charge < -0.3 is 5.73 Å². The number of tetrazole rings is 1. The van der Waals surface area contributed by atoms with Crippen molar-refractivity contribution >= 4 is 15.7 Å². The van der Waals surface area contributed by atoms with Crippen molar-refractivity contribution < 1.29 is 13.2 Å². The van der Waals surface area contributed by atoms with E-state index in [1.165, 1.54) is 4.80 Å². The van der Waals surface area contributed by atoms with Crippen molar-refractivity contribution in [2.75, 3.05) is 11.5 Å². The highest BCUT2D eigenvalue weighted by Gasteiger charge is 2.14. The molecule has 1 aromatic heterocycles. The minimum atomic E-state index is -3.37. The Morgan fingerprint density at radius 1 is 1.27 bits per heavy atom. The van der Waals surface area contributed by atoms with Crippen molar-refractivity contribution in [2.45, 2.75) is 19.9 Å². The Labute approximate surface area is 128 Å². The number of sulfone groups is 1. The lowest BCUT2D eigenvalue weighted by Gasteiger charge is -2.02. The second-order valence-electron chi connectivity index (χ2n) is 4.89. The van der Waals surface area contributed by atoms with Crippen LogP contribution >= 0.6 is 0 Å². The number of hydrogen-bond acceptors (Lipinski definition) is 6. The lowest BCUT2D eigenvalue weighted by molar-refractivity contribution is -0.117. The highest BCUT2D eigenvalue weighted by atomic mass is 32.2. The van der Waals surface area contributed by atoms with Crippen LogP contribution in [0.15, 0.2) is 24.3 Å². The smallest absolute Gasteiger partial charge is 0.218 e. The lowest BCUT2D eigenvalue weighted by atomic mass is 10.1. The molecule has 0 aliphatic carbocycles. The highest BCUT2D eigenvalue weighted by Crippen LogP contribution is 2.17. The van der Waals surface area contributed by atoms with E-state index in [4.69, 9.17) is 5.73 Å². The molecule has 0 saturated heterocycles. The van der Waals surface area contributed by atoms with Crippen LogP contribution in [0.1, 0.15) is 12.0 Å². The van der Waals surface area contributed by atoms with Crippen LogP contribution in [0.2, 0.25) is 0 Å². The number of carbonyl (C=O) groups is 1. The van der Waals surface area contributed by atoms with Crippen LogP contribution in [-0.4, -0.2) is 46.0 Å². The van der Waals surface area contributed by atoms with Crippen molar-refractivity contribution in [3.8, 4) is 11.4 Å². The van der Waals surface area contributed by atoms with Gasteiger partial charge in [-0.2, -0.15) is 4.80 Å². The van der Waals surface area contributed by atoms with E-state index in [0.717, 1.165) is 11.1 Å².